The first-order valence-corrected chi connectivity index (χ1v) is 8.76. The zero-order valence-electron chi connectivity index (χ0n) is 14.1. The highest BCUT2D eigenvalue weighted by molar-refractivity contribution is 7.99. The Morgan fingerprint density at radius 2 is 2.12 bits per heavy atom. The molecule has 0 atom stereocenters. The smallest absolute Gasteiger partial charge is 0.311 e. The molecular weight excluding hydrogens is 361 g/mol. The maximum absolute atomic E-state index is 13.5. The van der Waals surface area contributed by atoms with Gasteiger partial charge in [0.15, 0.2) is 5.16 Å². The van der Waals surface area contributed by atoms with E-state index >= 15 is 0 Å². The number of esters is 1. The van der Waals surface area contributed by atoms with Crippen molar-refractivity contribution >= 4 is 23.6 Å². The molecule has 0 aliphatic heterocycles. The number of amides is 1. The van der Waals surface area contributed by atoms with Gasteiger partial charge in [-0.05, 0) is 18.1 Å². The number of hydrogen-bond donors (Lipinski definition) is 2. The third kappa shape index (κ3) is 6.32. The quantitative estimate of drug-likeness (QED) is 0.404. The number of H-pyrrole nitrogens is 1. The number of aromatic amines is 1. The minimum atomic E-state index is -0.509. The first-order chi connectivity index (χ1) is 12.5. The summed E-state index contributed by atoms with van der Waals surface area (Å²) < 4.78 is 18.0. The molecule has 1 heterocycles. The summed E-state index contributed by atoms with van der Waals surface area (Å²) in [5.74, 6) is -1.06. The molecule has 0 unspecified atom stereocenters. The van der Waals surface area contributed by atoms with E-state index in [1.807, 2.05) is 0 Å². The molecule has 1 amide bonds. The number of methoxy groups -OCH3 is 1. The zero-order chi connectivity index (χ0) is 18.9. The van der Waals surface area contributed by atoms with E-state index in [0.717, 1.165) is 11.8 Å². The number of aromatic nitrogens is 2. The average Bonchev–Trinajstić information content (AvgIpc) is 2.61. The van der Waals surface area contributed by atoms with Crippen molar-refractivity contribution in [3.63, 3.8) is 0 Å². The van der Waals surface area contributed by atoms with Crippen LogP contribution in [0.3, 0.4) is 0 Å². The summed E-state index contributed by atoms with van der Waals surface area (Å²) in [6.45, 7) is 0.298. The van der Waals surface area contributed by atoms with Crippen molar-refractivity contribution in [2.75, 3.05) is 19.4 Å². The summed E-state index contributed by atoms with van der Waals surface area (Å²) in [5, 5.41) is 2.92. The van der Waals surface area contributed by atoms with Gasteiger partial charge in [0.05, 0.1) is 25.0 Å². The normalized spacial score (nSPS) is 10.4. The first kappa shape index (κ1) is 19.6. The molecule has 0 aliphatic rings. The standard InChI is InChI=1S/C17H18FN3O4S/c1-25-16(24)9-12-8-14(22)21-17(20-12)26-10-15(23)19-7-6-11-4-2-3-5-13(11)18/h2-5,8H,6-7,9-10H2,1H3,(H,19,23)(H,20,21,22). The van der Waals surface area contributed by atoms with Gasteiger partial charge in [0.2, 0.25) is 5.91 Å². The second-order valence-corrected chi connectivity index (χ2v) is 6.24. The molecule has 0 bridgehead atoms. The molecule has 0 spiro atoms. The van der Waals surface area contributed by atoms with Crippen molar-refractivity contribution in [2.24, 2.45) is 0 Å². The molecule has 7 nitrogen and oxygen atoms in total. The molecule has 2 aromatic rings. The van der Waals surface area contributed by atoms with Gasteiger partial charge in [-0.1, -0.05) is 30.0 Å². The van der Waals surface area contributed by atoms with E-state index in [9.17, 15) is 18.8 Å². The Hall–Kier alpha value is -2.68. The number of nitrogens with one attached hydrogen (secondary N) is 2. The first-order valence-electron chi connectivity index (χ1n) is 7.78. The minimum Gasteiger partial charge on any atom is -0.469 e. The number of carbonyl (C=O) groups excluding carboxylic acids is 2. The zero-order valence-corrected chi connectivity index (χ0v) is 14.9. The molecule has 2 rings (SSSR count). The summed E-state index contributed by atoms with van der Waals surface area (Å²) in [5.41, 5.74) is 0.381. The van der Waals surface area contributed by atoms with Crippen molar-refractivity contribution in [3.05, 3.63) is 57.8 Å². The Labute approximate surface area is 153 Å². The van der Waals surface area contributed by atoms with Crippen LogP contribution in [-0.4, -0.2) is 41.3 Å². The lowest BCUT2D eigenvalue weighted by atomic mass is 10.1. The molecule has 0 saturated heterocycles. The van der Waals surface area contributed by atoms with Gasteiger partial charge in [0, 0.05) is 12.6 Å². The molecular formula is C17H18FN3O4S. The predicted molar refractivity (Wildman–Crippen MR) is 94.4 cm³/mol. The molecule has 0 saturated carbocycles. The molecule has 9 heteroatoms. The lowest BCUT2D eigenvalue weighted by Gasteiger charge is -2.06. The Kier molecular flexibility index (Phi) is 7.34. The highest BCUT2D eigenvalue weighted by Gasteiger charge is 2.10. The van der Waals surface area contributed by atoms with Crippen LogP contribution in [0.15, 0.2) is 40.3 Å². The third-order valence-electron chi connectivity index (χ3n) is 3.34. The number of benzene rings is 1. The van der Waals surface area contributed by atoms with Gasteiger partial charge < -0.3 is 15.0 Å². The number of nitrogens with zero attached hydrogens (tertiary/aromatic N) is 1. The van der Waals surface area contributed by atoms with Crippen LogP contribution in [0.1, 0.15) is 11.3 Å². The Bertz CT molecular complexity index is 841. The van der Waals surface area contributed by atoms with Crippen LogP contribution < -0.4 is 10.9 Å². The van der Waals surface area contributed by atoms with Gasteiger partial charge in [0.25, 0.3) is 5.56 Å². The maximum atomic E-state index is 13.5. The van der Waals surface area contributed by atoms with Gasteiger partial charge in [0.1, 0.15) is 5.82 Å². The summed E-state index contributed by atoms with van der Waals surface area (Å²) in [6.07, 6.45) is 0.260. The molecule has 2 N–H and O–H groups in total. The second kappa shape index (κ2) is 9.71. The van der Waals surface area contributed by atoms with E-state index in [2.05, 4.69) is 20.0 Å². The average molecular weight is 379 g/mol. The fourth-order valence-electron chi connectivity index (χ4n) is 2.09. The molecule has 0 aliphatic carbocycles. The van der Waals surface area contributed by atoms with Gasteiger partial charge in [-0.3, -0.25) is 14.4 Å². The largest absolute Gasteiger partial charge is 0.469 e. The van der Waals surface area contributed by atoms with Crippen LogP contribution in [0.5, 0.6) is 0 Å². The van der Waals surface area contributed by atoms with Crippen molar-refractivity contribution in [2.45, 2.75) is 18.0 Å². The van der Waals surface area contributed by atoms with Crippen molar-refractivity contribution in [1.82, 2.24) is 15.3 Å². The van der Waals surface area contributed by atoms with Crippen LogP contribution in [0.2, 0.25) is 0 Å². The molecule has 1 aromatic carbocycles. The maximum Gasteiger partial charge on any atom is 0.311 e. The van der Waals surface area contributed by atoms with Crippen molar-refractivity contribution < 1.29 is 18.7 Å². The fraction of sp³-hybridized carbons (Fsp3) is 0.294. The highest BCUT2D eigenvalue weighted by Crippen LogP contribution is 2.11. The summed E-state index contributed by atoms with van der Waals surface area (Å²) in [6, 6.07) is 7.58. The van der Waals surface area contributed by atoms with Gasteiger partial charge >= 0.3 is 5.97 Å². The fourth-order valence-corrected chi connectivity index (χ4v) is 2.81. The summed E-state index contributed by atoms with van der Waals surface area (Å²) in [4.78, 5) is 41.3. The highest BCUT2D eigenvalue weighted by atomic mass is 32.2. The lowest BCUT2D eigenvalue weighted by molar-refractivity contribution is -0.139. The molecule has 138 valence electrons. The minimum absolute atomic E-state index is 0.0297. The van der Waals surface area contributed by atoms with E-state index in [4.69, 9.17) is 0 Å². The van der Waals surface area contributed by atoms with Crippen LogP contribution >= 0.6 is 11.8 Å². The van der Waals surface area contributed by atoms with Crippen molar-refractivity contribution in [3.8, 4) is 0 Å². The molecule has 0 fully saturated rings. The summed E-state index contributed by atoms with van der Waals surface area (Å²) >= 11 is 1.04. The van der Waals surface area contributed by atoms with Crippen LogP contribution in [0.25, 0.3) is 0 Å². The molecule has 26 heavy (non-hydrogen) atoms. The SMILES string of the molecule is COC(=O)Cc1cc(=O)[nH]c(SCC(=O)NCCc2ccccc2F)n1. The van der Waals surface area contributed by atoms with E-state index < -0.39 is 11.5 Å². The lowest BCUT2D eigenvalue weighted by Crippen LogP contribution is -2.27. The van der Waals surface area contributed by atoms with Crippen LogP contribution in [0, 0.1) is 5.82 Å². The van der Waals surface area contributed by atoms with Crippen LogP contribution in [-0.2, 0) is 27.2 Å². The van der Waals surface area contributed by atoms with Gasteiger partial charge in [-0.25, -0.2) is 9.37 Å². The molecule has 1 aromatic heterocycles. The summed E-state index contributed by atoms with van der Waals surface area (Å²) in [7, 11) is 1.25. The Morgan fingerprint density at radius 1 is 1.35 bits per heavy atom. The number of halogens is 1. The number of carbonyl (C=O) groups is 2. The number of hydrogen-bond acceptors (Lipinski definition) is 6. The van der Waals surface area contributed by atoms with E-state index in [1.165, 1.54) is 19.2 Å². The Morgan fingerprint density at radius 3 is 2.85 bits per heavy atom. The number of thioether (sulfide) groups is 1. The number of ether oxygens (including phenoxy) is 1. The Balaban J connectivity index is 1.82. The molecule has 0 radical (unpaired) electrons. The number of rotatable bonds is 8. The van der Waals surface area contributed by atoms with Gasteiger partial charge in [-0.15, -0.1) is 0 Å². The van der Waals surface area contributed by atoms with Gasteiger partial charge in [-0.2, -0.15) is 0 Å². The van der Waals surface area contributed by atoms with Crippen LogP contribution in [0.4, 0.5) is 4.39 Å². The third-order valence-corrected chi connectivity index (χ3v) is 4.21. The second-order valence-electron chi connectivity index (χ2n) is 5.27. The van der Waals surface area contributed by atoms with E-state index in [0.29, 0.717) is 18.5 Å². The van der Waals surface area contributed by atoms with E-state index in [1.54, 1.807) is 18.2 Å². The van der Waals surface area contributed by atoms with Crippen molar-refractivity contribution in [1.29, 1.82) is 0 Å². The van der Waals surface area contributed by atoms with E-state index in [-0.39, 0.29) is 34.7 Å². The predicted octanol–water partition coefficient (Wildman–Crippen LogP) is 1.08. The monoisotopic (exact) mass is 379 g/mol. The topological polar surface area (TPSA) is 101 Å².